The summed E-state index contributed by atoms with van der Waals surface area (Å²) < 4.78 is 32.0. The topological polar surface area (TPSA) is 75.5 Å². The van der Waals surface area contributed by atoms with Crippen molar-refractivity contribution in [2.75, 3.05) is 37.0 Å². The Kier molecular flexibility index (Phi) is 8.39. The van der Waals surface area contributed by atoms with Crippen LogP contribution in [0.4, 0.5) is 20.6 Å². The van der Waals surface area contributed by atoms with Gasteiger partial charge in [0, 0.05) is 32.9 Å². The Morgan fingerprint density at radius 2 is 1.87 bits per heavy atom. The SMILES string of the molecule is CN(C(=O)c1ccc(COc2ccccc2Cl)o1)c1ccc(N2CCC(N(C)C(=O)OC(C)(C)C)C2)c(F)c1. The number of para-hydroxylation sites is 1. The molecular formula is C29H33ClFN3O5. The molecule has 208 valence electrons. The van der Waals surface area contributed by atoms with Crippen molar-refractivity contribution >= 4 is 35.0 Å². The zero-order valence-electron chi connectivity index (χ0n) is 22.7. The maximum atomic E-state index is 15.2. The van der Waals surface area contributed by atoms with Crippen LogP contribution in [0.25, 0.3) is 0 Å². The van der Waals surface area contributed by atoms with E-state index in [-0.39, 0.29) is 18.4 Å². The summed E-state index contributed by atoms with van der Waals surface area (Å²) in [6, 6.07) is 14.8. The molecule has 1 aromatic heterocycles. The minimum absolute atomic E-state index is 0.0989. The molecule has 8 nitrogen and oxygen atoms in total. The lowest BCUT2D eigenvalue weighted by atomic mass is 10.2. The van der Waals surface area contributed by atoms with Crippen molar-refractivity contribution in [3.8, 4) is 5.75 Å². The fourth-order valence-corrected chi connectivity index (χ4v) is 4.47. The van der Waals surface area contributed by atoms with Gasteiger partial charge in [-0.15, -0.1) is 0 Å². The zero-order valence-corrected chi connectivity index (χ0v) is 23.5. The molecule has 2 heterocycles. The third-order valence-corrected chi connectivity index (χ3v) is 6.75. The molecule has 1 aliphatic heterocycles. The van der Waals surface area contributed by atoms with Crippen LogP contribution < -0.4 is 14.5 Å². The molecule has 1 saturated heterocycles. The first-order valence-electron chi connectivity index (χ1n) is 12.7. The van der Waals surface area contributed by atoms with Crippen molar-refractivity contribution in [1.82, 2.24) is 4.90 Å². The summed E-state index contributed by atoms with van der Waals surface area (Å²) in [7, 11) is 3.26. The van der Waals surface area contributed by atoms with Crippen LogP contribution in [0.1, 0.15) is 43.5 Å². The van der Waals surface area contributed by atoms with E-state index in [9.17, 15) is 9.59 Å². The number of carbonyl (C=O) groups is 2. The van der Waals surface area contributed by atoms with Gasteiger partial charge in [-0.1, -0.05) is 23.7 Å². The molecule has 0 saturated carbocycles. The molecule has 0 aliphatic carbocycles. The number of ether oxygens (including phenoxy) is 2. The molecule has 3 aromatic rings. The highest BCUT2D eigenvalue weighted by molar-refractivity contribution is 6.32. The Labute approximate surface area is 232 Å². The van der Waals surface area contributed by atoms with Crippen LogP contribution in [0.5, 0.6) is 5.75 Å². The number of hydrogen-bond acceptors (Lipinski definition) is 6. The lowest BCUT2D eigenvalue weighted by Crippen LogP contribution is -2.42. The number of furan rings is 1. The summed E-state index contributed by atoms with van der Waals surface area (Å²) in [5.74, 6) is 0.185. The van der Waals surface area contributed by atoms with Gasteiger partial charge in [0.15, 0.2) is 5.76 Å². The summed E-state index contributed by atoms with van der Waals surface area (Å²) in [6.45, 7) is 6.63. The Hall–Kier alpha value is -3.72. The van der Waals surface area contributed by atoms with Gasteiger partial charge in [0.1, 0.15) is 29.5 Å². The average Bonchev–Trinajstić information content (AvgIpc) is 3.56. The van der Waals surface area contributed by atoms with E-state index >= 15 is 4.39 Å². The van der Waals surface area contributed by atoms with E-state index < -0.39 is 23.4 Å². The summed E-state index contributed by atoms with van der Waals surface area (Å²) in [6.07, 6.45) is 0.290. The highest BCUT2D eigenvalue weighted by Gasteiger charge is 2.32. The van der Waals surface area contributed by atoms with Gasteiger partial charge in [-0.25, -0.2) is 9.18 Å². The van der Waals surface area contributed by atoms with Gasteiger partial charge in [0.25, 0.3) is 5.91 Å². The molecule has 0 radical (unpaired) electrons. The number of amides is 2. The number of likely N-dealkylation sites (N-methyl/N-ethyl adjacent to an activating group) is 1. The first-order chi connectivity index (χ1) is 18.4. The number of nitrogens with zero attached hydrogens (tertiary/aromatic N) is 3. The quantitative estimate of drug-likeness (QED) is 0.336. The minimum Gasteiger partial charge on any atom is -0.484 e. The number of carbonyl (C=O) groups excluding carboxylic acids is 2. The van der Waals surface area contributed by atoms with E-state index in [0.717, 1.165) is 0 Å². The van der Waals surface area contributed by atoms with E-state index in [1.165, 1.54) is 11.0 Å². The minimum atomic E-state index is -0.587. The highest BCUT2D eigenvalue weighted by Crippen LogP contribution is 2.30. The van der Waals surface area contributed by atoms with Gasteiger partial charge < -0.3 is 28.6 Å². The molecule has 10 heteroatoms. The molecule has 2 amide bonds. The molecule has 0 bridgehead atoms. The van der Waals surface area contributed by atoms with E-state index in [1.54, 1.807) is 61.5 Å². The zero-order chi connectivity index (χ0) is 28.3. The number of hydrogen-bond donors (Lipinski definition) is 0. The van der Waals surface area contributed by atoms with Crippen LogP contribution >= 0.6 is 11.6 Å². The fraction of sp³-hybridized carbons (Fsp3) is 0.379. The molecule has 0 spiro atoms. The number of rotatable bonds is 7. The molecular weight excluding hydrogens is 525 g/mol. The van der Waals surface area contributed by atoms with Gasteiger partial charge in [0.05, 0.1) is 16.8 Å². The molecule has 1 unspecified atom stereocenters. The fourth-order valence-electron chi connectivity index (χ4n) is 4.28. The second-order valence-electron chi connectivity index (χ2n) is 10.5. The van der Waals surface area contributed by atoms with Gasteiger partial charge in [0.2, 0.25) is 0 Å². The summed E-state index contributed by atoms with van der Waals surface area (Å²) >= 11 is 6.10. The van der Waals surface area contributed by atoms with E-state index in [4.69, 9.17) is 25.5 Å². The molecule has 1 atom stereocenters. The molecule has 4 rings (SSSR count). The van der Waals surface area contributed by atoms with Gasteiger partial charge in [-0.2, -0.15) is 0 Å². The first-order valence-corrected chi connectivity index (χ1v) is 13.0. The summed E-state index contributed by atoms with van der Waals surface area (Å²) in [5.41, 5.74) is 0.209. The van der Waals surface area contributed by atoms with Crippen molar-refractivity contribution in [2.24, 2.45) is 0 Å². The van der Waals surface area contributed by atoms with Gasteiger partial charge in [-0.3, -0.25) is 4.79 Å². The maximum Gasteiger partial charge on any atom is 0.410 e. The van der Waals surface area contributed by atoms with Crippen LogP contribution in [0, 0.1) is 5.82 Å². The summed E-state index contributed by atoms with van der Waals surface area (Å²) in [5, 5.41) is 0.477. The third kappa shape index (κ3) is 6.84. The molecule has 0 N–H and O–H groups in total. The monoisotopic (exact) mass is 557 g/mol. The van der Waals surface area contributed by atoms with Crippen LogP contribution in [0.15, 0.2) is 59.0 Å². The second kappa shape index (κ2) is 11.6. The second-order valence-corrected chi connectivity index (χ2v) is 10.9. The predicted molar refractivity (Wildman–Crippen MR) is 148 cm³/mol. The molecule has 1 aliphatic rings. The van der Waals surface area contributed by atoms with Gasteiger partial charge in [-0.05, 0) is 69.7 Å². The van der Waals surface area contributed by atoms with Gasteiger partial charge >= 0.3 is 6.09 Å². The van der Waals surface area contributed by atoms with Crippen molar-refractivity contribution in [1.29, 1.82) is 0 Å². The predicted octanol–water partition coefficient (Wildman–Crippen LogP) is 6.37. The van der Waals surface area contributed by atoms with Crippen LogP contribution in [0.2, 0.25) is 5.02 Å². The normalized spacial score (nSPS) is 15.3. The Morgan fingerprint density at radius 3 is 2.56 bits per heavy atom. The third-order valence-electron chi connectivity index (χ3n) is 6.44. The van der Waals surface area contributed by atoms with Crippen LogP contribution in [-0.2, 0) is 11.3 Å². The van der Waals surface area contributed by atoms with Crippen molar-refractivity contribution in [3.63, 3.8) is 0 Å². The van der Waals surface area contributed by atoms with E-state index in [0.29, 0.717) is 47.4 Å². The summed E-state index contributed by atoms with van der Waals surface area (Å²) in [4.78, 5) is 30.2. The molecule has 2 aromatic carbocycles. The number of halogens is 2. The van der Waals surface area contributed by atoms with Crippen LogP contribution in [-0.4, -0.2) is 55.7 Å². The number of anilines is 2. The van der Waals surface area contributed by atoms with E-state index in [2.05, 4.69) is 0 Å². The van der Waals surface area contributed by atoms with Crippen molar-refractivity contribution < 1.29 is 27.9 Å². The smallest absolute Gasteiger partial charge is 0.410 e. The Balaban J connectivity index is 1.37. The Morgan fingerprint density at radius 1 is 1.13 bits per heavy atom. The first kappa shape index (κ1) is 28.3. The largest absolute Gasteiger partial charge is 0.484 e. The Bertz CT molecular complexity index is 1340. The van der Waals surface area contributed by atoms with Crippen molar-refractivity contribution in [3.05, 3.63) is 77.0 Å². The lowest BCUT2D eigenvalue weighted by molar-refractivity contribution is 0.0237. The average molecular weight is 558 g/mol. The van der Waals surface area contributed by atoms with Crippen LogP contribution in [0.3, 0.4) is 0 Å². The molecule has 1 fully saturated rings. The van der Waals surface area contributed by atoms with Crippen molar-refractivity contribution in [2.45, 2.75) is 45.4 Å². The van der Waals surface area contributed by atoms with E-state index in [1.807, 2.05) is 31.7 Å². The standard InChI is InChI=1S/C29H33ClFN3O5/c1-29(2,3)39-28(36)33(5)20-14-15-34(17-20)24-12-10-19(16-23(24)31)32(4)27(35)26-13-11-21(38-26)18-37-25-9-7-6-8-22(25)30/h6-13,16,20H,14-15,17-18H2,1-5H3. The molecule has 39 heavy (non-hydrogen) atoms. The highest BCUT2D eigenvalue weighted by atomic mass is 35.5. The lowest BCUT2D eigenvalue weighted by Gasteiger charge is -2.29. The number of benzene rings is 2. The maximum absolute atomic E-state index is 15.2.